The van der Waals surface area contributed by atoms with Crippen molar-refractivity contribution >= 4 is 19.9 Å². The van der Waals surface area contributed by atoms with Crippen LogP contribution in [0.3, 0.4) is 0 Å². The molecule has 1 aromatic carbocycles. The molecule has 1 aliphatic rings. The summed E-state index contributed by atoms with van der Waals surface area (Å²) in [6.45, 7) is 3.17. The fourth-order valence-electron chi connectivity index (χ4n) is 2.23. The van der Waals surface area contributed by atoms with Gasteiger partial charge in [-0.05, 0) is 43.0 Å². The van der Waals surface area contributed by atoms with Crippen LogP contribution in [0.2, 0.25) is 0 Å². The number of nitrogens with zero attached hydrogens (tertiary/aromatic N) is 1. The molecule has 112 valence electrons. The summed E-state index contributed by atoms with van der Waals surface area (Å²) in [7, 11) is -6.81. The minimum absolute atomic E-state index is 0.128. The van der Waals surface area contributed by atoms with E-state index in [-0.39, 0.29) is 9.79 Å². The number of piperidine rings is 1. The molecule has 20 heavy (non-hydrogen) atoms. The van der Waals surface area contributed by atoms with Gasteiger partial charge in [-0.25, -0.2) is 16.8 Å². The molecule has 0 N–H and O–H groups in total. The van der Waals surface area contributed by atoms with Crippen LogP contribution in [0.5, 0.6) is 0 Å². The summed E-state index contributed by atoms with van der Waals surface area (Å²) in [5.74, 6) is 0.550. The highest BCUT2D eigenvalue weighted by molar-refractivity contribution is 7.90. The van der Waals surface area contributed by atoms with Gasteiger partial charge in [-0.3, -0.25) is 0 Å². The first-order chi connectivity index (χ1) is 9.21. The van der Waals surface area contributed by atoms with Crippen molar-refractivity contribution in [2.24, 2.45) is 5.92 Å². The molecule has 1 aliphatic heterocycles. The first-order valence-electron chi connectivity index (χ1n) is 6.51. The Labute approximate surface area is 120 Å². The molecule has 1 saturated heterocycles. The van der Waals surface area contributed by atoms with Crippen LogP contribution in [0.1, 0.15) is 19.8 Å². The van der Waals surface area contributed by atoms with Gasteiger partial charge in [0.05, 0.1) is 9.79 Å². The predicted molar refractivity (Wildman–Crippen MR) is 76.7 cm³/mol. The topological polar surface area (TPSA) is 71.5 Å². The molecule has 1 fully saturated rings. The zero-order chi connectivity index (χ0) is 15.0. The third kappa shape index (κ3) is 3.21. The molecule has 0 amide bonds. The molecule has 0 unspecified atom stereocenters. The van der Waals surface area contributed by atoms with Gasteiger partial charge in [-0.15, -0.1) is 0 Å². The second-order valence-corrected chi connectivity index (χ2v) is 9.28. The lowest BCUT2D eigenvalue weighted by atomic mass is 10.0. The van der Waals surface area contributed by atoms with E-state index in [1.54, 1.807) is 0 Å². The summed E-state index contributed by atoms with van der Waals surface area (Å²) < 4.78 is 49.1. The Morgan fingerprint density at radius 1 is 0.950 bits per heavy atom. The van der Waals surface area contributed by atoms with E-state index in [0.717, 1.165) is 19.1 Å². The minimum Gasteiger partial charge on any atom is -0.224 e. The van der Waals surface area contributed by atoms with Gasteiger partial charge < -0.3 is 0 Å². The Hall–Kier alpha value is -0.920. The average molecular weight is 317 g/mol. The Morgan fingerprint density at radius 3 is 1.85 bits per heavy atom. The molecule has 1 heterocycles. The quantitative estimate of drug-likeness (QED) is 0.847. The summed E-state index contributed by atoms with van der Waals surface area (Å²) >= 11 is 0. The first-order valence-corrected chi connectivity index (χ1v) is 9.84. The summed E-state index contributed by atoms with van der Waals surface area (Å²) in [5, 5.41) is 0. The van der Waals surface area contributed by atoms with Gasteiger partial charge in [0.25, 0.3) is 0 Å². The number of benzene rings is 1. The van der Waals surface area contributed by atoms with E-state index in [2.05, 4.69) is 6.92 Å². The van der Waals surface area contributed by atoms with Crippen molar-refractivity contribution in [3.8, 4) is 0 Å². The molecular formula is C13H19NO4S2. The highest BCUT2D eigenvalue weighted by atomic mass is 32.2. The maximum Gasteiger partial charge on any atom is 0.243 e. The fourth-order valence-corrected chi connectivity index (χ4v) is 4.33. The second-order valence-electron chi connectivity index (χ2n) is 5.33. The van der Waals surface area contributed by atoms with Gasteiger partial charge in [0.15, 0.2) is 9.84 Å². The number of hydrogen-bond donors (Lipinski definition) is 0. The van der Waals surface area contributed by atoms with Gasteiger partial charge >= 0.3 is 0 Å². The van der Waals surface area contributed by atoms with Crippen LogP contribution in [0.15, 0.2) is 34.1 Å². The van der Waals surface area contributed by atoms with Gasteiger partial charge in [0.2, 0.25) is 10.0 Å². The molecule has 0 aliphatic carbocycles. The molecule has 7 heteroatoms. The predicted octanol–water partition coefficient (Wildman–Crippen LogP) is 1.51. The van der Waals surface area contributed by atoms with Gasteiger partial charge in [-0.2, -0.15) is 4.31 Å². The van der Waals surface area contributed by atoms with E-state index >= 15 is 0 Å². The van der Waals surface area contributed by atoms with E-state index in [0.29, 0.717) is 19.0 Å². The fraction of sp³-hybridized carbons (Fsp3) is 0.538. The third-order valence-electron chi connectivity index (χ3n) is 3.63. The lowest BCUT2D eigenvalue weighted by Gasteiger charge is -2.29. The Morgan fingerprint density at radius 2 is 1.40 bits per heavy atom. The van der Waals surface area contributed by atoms with E-state index in [1.807, 2.05) is 0 Å². The molecule has 0 atom stereocenters. The molecule has 1 aromatic rings. The molecule has 5 nitrogen and oxygen atoms in total. The minimum atomic E-state index is -3.51. The zero-order valence-corrected chi connectivity index (χ0v) is 13.2. The monoisotopic (exact) mass is 317 g/mol. The van der Waals surface area contributed by atoms with Gasteiger partial charge in [0, 0.05) is 19.3 Å². The number of sulfone groups is 1. The second kappa shape index (κ2) is 5.46. The van der Waals surface area contributed by atoms with Crippen LogP contribution in [-0.4, -0.2) is 40.5 Å². The van der Waals surface area contributed by atoms with Crippen molar-refractivity contribution in [3.05, 3.63) is 24.3 Å². The van der Waals surface area contributed by atoms with Crippen molar-refractivity contribution in [1.29, 1.82) is 0 Å². The summed E-state index contributed by atoms with van der Waals surface area (Å²) in [5.41, 5.74) is 0. The van der Waals surface area contributed by atoms with E-state index in [4.69, 9.17) is 0 Å². The molecule has 0 bridgehead atoms. The molecule has 0 spiro atoms. The zero-order valence-electron chi connectivity index (χ0n) is 11.6. The van der Waals surface area contributed by atoms with E-state index < -0.39 is 19.9 Å². The van der Waals surface area contributed by atoms with Crippen LogP contribution in [-0.2, 0) is 19.9 Å². The molecule has 0 radical (unpaired) electrons. The molecule has 2 rings (SSSR count). The van der Waals surface area contributed by atoms with Crippen molar-refractivity contribution in [1.82, 2.24) is 4.31 Å². The number of rotatable bonds is 3. The normalized spacial score (nSPS) is 19.1. The third-order valence-corrected chi connectivity index (χ3v) is 6.67. The number of sulfonamides is 1. The van der Waals surface area contributed by atoms with Crippen LogP contribution >= 0.6 is 0 Å². The van der Waals surface area contributed by atoms with Gasteiger partial charge in [-0.1, -0.05) is 6.92 Å². The standard InChI is InChI=1S/C13H19NO4S2/c1-11-7-9-14(10-8-11)20(17,18)13-5-3-12(4-6-13)19(2,15)16/h3-6,11H,7-10H2,1-2H3. The Bertz CT molecular complexity index is 670. The number of hydrogen-bond acceptors (Lipinski definition) is 4. The van der Waals surface area contributed by atoms with Gasteiger partial charge in [0.1, 0.15) is 0 Å². The highest BCUT2D eigenvalue weighted by Crippen LogP contribution is 2.24. The maximum atomic E-state index is 12.4. The average Bonchev–Trinajstić information content (AvgIpc) is 2.38. The van der Waals surface area contributed by atoms with Crippen molar-refractivity contribution in [2.75, 3.05) is 19.3 Å². The van der Waals surface area contributed by atoms with Crippen LogP contribution in [0.25, 0.3) is 0 Å². The Balaban J connectivity index is 2.26. The van der Waals surface area contributed by atoms with E-state index in [9.17, 15) is 16.8 Å². The van der Waals surface area contributed by atoms with Crippen molar-refractivity contribution < 1.29 is 16.8 Å². The maximum absolute atomic E-state index is 12.4. The first kappa shape index (κ1) is 15.5. The van der Waals surface area contributed by atoms with Crippen LogP contribution in [0.4, 0.5) is 0 Å². The molecular weight excluding hydrogens is 298 g/mol. The lowest BCUT2D eigenvalue weighted by Crippen LogP contribution is -2.37. The van der Waals surface area contributed by atoms with Crippen molar-refractivity contribution in [2.45, 2.75) is 29.6 Å². The SMILES string of the molecule is CC1CCN(S(=O)(=O)c2ccc(S(C)(=O)=O)cc2)CC1. The van der Waals surface area contributed by atoms with Crippen LogP contribution in [0, 0.1) is 5.92 Å². The lowest BCUT2D eigenvalue weighted by molar-refractivity contribution is 0.288. The van der Waals surface area contributed by atoms with E-state index in [1.165, 1.54) is 28.6 Å². The summed E-state index contributed by atoms with van der Waals surface area (Å²) in [4.78, 5) is 0.281. The highest BCUT2D eigenvalue weighted by Gasteiger charge is 2.28. The molecule has 0 aromatic heterocycles. The Kier molecular flexibility index (Phi) is 4.22. The van der Waals surface area contributed by atoms with Crippen molar-refractivity contribution in [3.63, 3.8) is 0 Å². The smallest absolute Gasteiger partial charge is 0.224 e. The van der Waals surface area contributed by atoms with Crippen LogP contribution < -0.4 is 0 Å². The summed E-state index contributed by atoms with van der Waals surface area (Å²) in [6.07, 6.45) is 2.82. The largest absolute Gasteiger partial charge is 0.243 e. The molecule has 0 saturated carbocycles. The summed E-state index contributed by atoms with van der Waals surface area (Å²) in [6, 6.07) is 5.41.